The van der Waals surface area contributed by atoms with Gasteiger partial charge in [0.1, 0.15) is 6.04 Å². The molecule has 0 fully saturated rings. The van der Waals surface area contributed by atoms with Gasteiger partial charge in [-0.1, -0.05) is 30.3 Å². The van der Waals surface area contributed by atoms with Crippen LogP contribution in [-0.4, -0.2) is 29.9 Å². The molecule has 4 nitrogen and oxygen atoms in total. The van der Waals surface area contributed by atoms with Gasteiger partial charge in [-0.25, -0.2) is 0 Å². The van der Waals surface area contributed by atoms with Gasteiger partial charge in [-0.15, -0.1) is 0 Å². The molecule has 0 aliphatic rings. The molecule has 0 aromatic heterocycles. The number of benzene rings is 2. The minimum atomic E-state index is -4.40. The van der Waals surface area contributed by atoms with Crippen LogP contribution in [0, 0.1) is 0 Å². The summed E-state index contributed by atoms with van der Waals surface area (Å²) >= 11 is 1.55. The number of hydrogen-bond acceptors (Lipinski definition) is 3. The summed E-state index contributed by atoms with van der Waals surface area (Å²) in [6.07, 6.45) is -2.05. The third-order valence-corrected chi connectivity index (χ3v) is 4.66. The Kier molecular flexibility index (Phi) is 7.92. The van der Waals surface area contributed by atoms with Crippen molar-refractivity contribution in [1.82, 2.24) is 10.6 Å². The fraction of sp³-hybridized carbons (Fsp3) is 0.300. The molecule has 0 bridgehead atoms. The summed E-state index contributed by atoms with van der Waals surface area (Å²) in [6, 6.07) is 12.4. The van der Waals surface area contributed by atoms with Crippen LogP contribution in [0.15, 0.2) is 54.6 Å². The van der Waals surface area contributed by atoms with Crippen molar-refractivity contribution < 1.29 is 22.8 Å². The SMILES string of the molecule is CSCC[C@H](NC(=O)c1ccccc1)C(=O)NCc1ccc(C(F)(F)F)cc1. The van der Waals surface area contributed by atoms with E-state index >= 15 is 0 Å². The van der Waals surface area contributed by atoms with Gasteiger partial charge in [-0.3, -0.25) is 9.59 Å². The number of amides is 2. The van der Waals surface area contributed by atoms with E-state index in [0.717, 1.165) is 12.1 Å². The van der Waals surface area contributed by atoms with Crippen molar-refractivity contribution in [1.29, 1.82) is 0 Å². The van der Waals surface area contributed by atoms with Crippen LogP contribution in [0.3, 0.4) is 0 Å². The number of alkyl halides is 3. The summed E-state index contributed by atoms with van der Waals surface area (Å²) in [5.41, 5.74) is 0.252. The smallest absolute Gasteiger partial charge is 0.350 e. The van der Waals surface area contributed by atoms with E-state index in [1.165, 1.54) is 12.1 Å². The van der Waals surface area contributed by atoms with Gasteiger partial charge in [0, 0.05) is 12.1 Å². The molecule has 0 aliphatic heterocycles. The van der Waals surface area contributed by atoms with Crippen LogP contribution in [0.5, 0.6) is 0 Å². The van der Waals surface area contributed by atoms with Crippen LogP contribution < -0.4 is 10.6 Å². The maximum Gasteiger partial charge on any atom is 0.416 e. The highest BCUT2D eigenvalue weighted by atomic mass is 32.2. The average Bonchev–Trinajstić information content (AvgIpc) is 2.69. The van der Waals surface area contributed by atoms with Crippen molar-refractivity contribution in [3.63, 3.8) is 0 Å². The van der Waals surface area contributed by atoms with Gasteiger partial charge in [0.15, 0.2) is 0 Å². The normalized spacial score (nSPS) is 12.3. The van der Waals surface area contributed by atoms with Gasteiger partial charge in [-0.05, 0) is 48.3 Å². The van der Waals surface area contributed by atoms with E-state index in [0.29, 0.717) is 23.3 Å². The number of nitrogens with one attached hydrogen (secondary N) is 2. The molecule has 0 radical (unpaired) electrons. The fourth-order valence-corrected chi connectivity index (χ4v) is 2.93. The molecular weight excluding hydrogens is 389 g/mol. The predicted molar refractivity (Wildman–Crippen MR) is 104 cm³/mol. The van der Waals surface area contributed by atoms with Gasteiger partial charge >= 0.3 is 6.18 Å². The molecule has 0 saturated carbocycles. The second-order valence-electron chi connectivity index (χ2n) is 6.09. The van der Waals surface area contributed by atoms with Crippen LogP contribution in [-0.2, 0) is 17.5 Å². The summed E-state index contributed by atoms with van der Waals surface area (Å²) in [5.74, 6) is -0.0532. The Morgan fingerprint density at radius 2 is 1.68 bits per heavy atom. The first-order valence-corrected chi connectivity index (χ1v) is 9.99. The van der Waals surface area contributed by atoms with Crippen LogP contribution in [0.2, 0.25) is 0 Å². The molecule has 2 amide bonds. The van der Waals surface area contributed by atoms with E-state index in [1.807, 2.05) is 6.26 Å². The molecule has 8 heteroatoms. The number of thioether (sulfide) groups is 1. The van der Waals surface area contributed by atoms with E-state index < -0.39 is 17.8 Å². The van der Waals surface area contributed by atoms with E-state index in [1.54, 1.807) is 42.1 Å². The van der Waals surface area contributed by atoms with Crippen molar-refractivity contribution in [2.24, 2.45) is 0 Å². The summed E-state index contributed by atoms with van der Waals surface area (Å²) in [5, 5.41) is 5.40. The maximum absolute atomic E-state index is 12.6. The van der Waals surface area contributed by atoms with E-state index in [9.17, 15) is 22.8 Å². The molecule has 2 N–H and O–H groups in total. The lowest BCUT2D eigenvalue weighted by Gasteiger charge is -2.18. The molecule has 0 heterocycles. The third-order valence-electron chi connectivity index (χ3n) is 4.02. The number of carbonyl (C=O) groups is 2. The third kappa shape index (κ3) is 6.60. The first-order chi connectivity index (χ1) is 13.3. The van der Waals surface area contributed by atoms with E-state index in [2.05, 4.69) is 10.6 Å². The molecule has 0 spiro atoms. The Morgan fingerprint density at radius 1 is 1.04 bits per heavy atom. The Hall–Kier alpha value is -2.48. The van der Waals surface area contributed by atoms with Gasteiger partial charge < -0.3 is 10.6 Å². The number of carbonyl (C=O) groups excluding carboxylic acids is 2. The first kappa shape index (κ1) is 21.8. The van der Waals surface area contributed by atoms with Gasteiger partial charge in [0.25, 0.3) is 5.91 Å². The predicted octanol–water partition coefficient (Wildman–Crippen LogP) is 3.87. The molecule has 28 heavy (non-hydrogen) atoms. The number of halogens is 3. The van der Waals surface area contributed by atoms with Gasteiger partial charge in [0.2, 0.25) is 5.91 Å². The summed E-state index contributed by atoms with van der Waals surface area (Å²) < 4.78 is 37.8. The quantitative estimate of drug-likeness (QED) is 0.695. The van der Waals surface area contributed by atoms with Crippen molar-refractivity contribution in [2.75, 3.05) is 12.0 Å². The zero-order valence-corrected chi connectivity index (χ0v) is 16.1. The van der Waals surface area contributed by atoms with Crippen molar-refractivity contribution in [3.05, 3.63) is 71.3 Å². The lowest BCUT2D eigenvalue weighted by molar-refractivity contribution is -0.137. The zero-order chi connectivity index (χ0) is 20.6. The highest BCUT2D eigenvalue weighted by Gasteiger charge is 2.30. The topological polar surface area (TPSA) is 58.2 Å². The van der Waals surface area contributed by atoms with Crippen LogP contribution in [0.25, 0.3) is 0 Å². The Morgan fingerprint density at radius 3 is 2.25 bits per heavy atom. The molecule has 2 rings (SSSR count). The monoisotopic (exact) mass is 410 g/mol. The Labute approximate surface area is 165 Å². The lowest BCUT2D eigenvalue weighted by atomic mass is 10.1. The zero-order valence-electron chi connectivity index (χ0n) is 15.3. The Balaban J connectivity index is 1.97. The maximum atomic E-state index is 12.6. The molecule has 0 unspecified atom stereocenters. The van der Waals surface area contributed by atoms with Gasteiger partial charge in [0.05, 0.1) is 5.56 Å². The summed E-state index contributed by atoms with van der Waals surface area (Å²) in [6.45, 7) is 0.0773. The van der Waals surface area contributed by atoms with Crippen molar-refractivity contribution in [2.45, 2.75) is 25.2 Å². The minimum Gasteiger partial charge on any atom is -0.350 e. The van der Waals surface area contributed by atoms with E-state index in [-0.39, 0.29) is 18.4 Å². The molecule has 2 aromatic carbocycles. The number of rotatable bonds is 8. The highest BCUT2D eigenvalue weighted by Crippen LogP contribution is 2.29. The van der Waals surface area contributed by atoms with Crippen LogP contribution in [0.1, 0.15) is 27.9 Å². The fourth-order valence-electron chi connectivity index (χ4n) is 2.46. The van der Waals surface area contributed by atoms with Crippen molar-refractivity contribution >= 4 is 23.6 Å². The molecule has 0 saturated heterocycles. The van der Waals surface area contributed by atoms with Crippen LogP contribution in [0.4, 0.5) is 13.2 Å². The minimum absolute atomic E-state index is 0.0773. The molecule has 2 aromatic rings. The molecule has 150 valence electrons. The number of hydrogen-bond donors (Lipinski definition) is 2. The average molecular weight is 410 g/mol. The highest BCUT2D eigenvalue weighted by molar-refractivity contribution is 7.98. The van der Waals surface area contributed by atoms with Crippen LogP contribution >= 0.6 is 11.8 Å². The van der Waals surface area contributed by atoms with E-state index in [4.69, 9.17) is 0 Å². The first-order valence-electron chi connectivity index (χ1n) is 8.60. The summed E-state index contributed by atoms with van der Waals surface area (Å²) in [4.78, 5) is 24.8. The van der Waals surface area contributed by atoms with Gasteiger partial charge in [-0.2, -0.15) is 24.9 Å². The Bertz CT molecular complexity index is 780. The molecule has 1 atom stereocenters. The second-order valence-corrected chi connectivity index (χ2v) is 7.07. The molecular formula is C20H21F3N2O2S. The van der Waals surface area contributed by atoms with Crippen molar-refractivity contribution in [3.8, 4) is 0 Å². The second kappa shape index (κ2) is 10.2. The largest absolute Gasteiger partial charge is 0.416 e. The lowest BCUT2D eigenvalue weighted by Crippen LogP contribution is -2.46. The molecule has 0 aliphatic carbocycles. The summed E-state index contributed by atoms with van der Waals surface area (Å²) in [7, 11) is 0. The standard InChI is InChI=1S/C20H21F3N2O2S/c1-28-12-11-17(25-18(26)15-5-3-2-4-6-15)19(27)24-13-14-7-9-16(10-8-14)20(21,22)23/h2-10,17H,11-13H2,1H3,(H,24,27)(H,25,26)/t17-/m0/s1.